The number of hydrogen-bond donors (Lipinski definition) is 1. The summed E-state index contributed by atoms with van der Waals surface area (Å²) in [6.45, 7) is 0. The summed E-state index contributed by atoms with van der Waals surface area (Å²) in [6, 6.07) is 19.2. The van der Waals surface area contributed by atoms with E-state index in [9.17, 15) is 0 Å². The summed E-state index contributed by atoms with van der Waals surface area (Å²) in [5.41, 5.74) is 4.58. The third kappa shape index (κ3) is 3.62. The van der Waals surface area contributed by atoms with Crippen LogP contribution in [-0.4, -0.2) is 43.2 Å². The van der Waals surface area contributed by atoms with E-state index in [1.807, 2.05) is 65.3 Å². The number of fused-ring (bicyclic) bond motifs is 3. The maximum Gasteiger partial charge on any atom is 0.226 e. The first-order valence-electron chi connectivity index (χ1n) is 11.8. The zero-order chi connectivity index (χ0) is 25.5. The van der Waals surface area contributed by atoms with Gasteiger partial charge in [0.1, 0.15) is 29.6 Å². The van der Waals surface area contributed by atoms with Crippen LogP contribution < -0.4 is 29.0 Å². The van der Waals surface area contributed by atoms with Crippen molar-refractivity contribution < 1.29 is 23.7 Å². The predicted molar refractivity (Wildman–Crippen MR) is 138 cm³/mol. The molecular weight excluding hydrogens is 472 g/mol. The molecule has 1 N–H and O–H groups in total. The number of benzene rings is 3. The number of nitrogens with one attached hydrogen (secondary N) is 1. The minimum Gasteiger partial charge on any atom is -0.497 e. The van der Waals surface area contributed by atoms with Crippen molar-refractivity contribution >= 4 is 11.6 Å². The van der Waals surface area contributed by atoms with Gasteiger partial charge >= 0.3 is 0 Å². The maximum atomic E-state index is 6.72. The molecule has 9 heteroatoms. The van der Waals surface area contributed by atoms with E-state index < -0.39 is 6.10 Å². The van der Waals surface area contributed by atoms with Crippen molar-refractivity contribution in [1.82, 2.24) is 14.8 Å². The first-order valence-corrected chi connectivity index (χ1v) is 11.8. The minimum atomic E-state index is -0.516. The third-order valence-electron chi connectivity index (χ3n) is 6.76. The first-order chi connectivity index (χ1) is 18.2. The van der Waals surface area contributed by atoms with Gasteiger partial charge in [-0.05, 0) is 48.0 Å². The molecular formula is C28H26N4O5. The molecule has 4 aromatic rings. The lowest BCUT2D eigenvalue weighted by molar-refractivity contribution is 0.217. The lowest BCUT2D eigenvalue weighted by Gasteiger charge is -2.39. The third-order valence-corrected chi connectivity index (χ3v) is 6.76. The first kappa shape index (κ1) is 22.8. The van der Waals surface area contributed by atoms with E-state index in [2.05, 4.69) is 15.4 Å². The molecule has 2 aliphatic heterocycles. The largest absolute Gasteiger partial charge is 0.497 e. The molecule has 0 spiro atoms. The van der Waals surface area contributed by atoms with Crippen LogP contribution >= 0.6 is 0 Å². The Morgan fingerprint density at radius 2 is 1.62 bits per heavy atom. The monoisotopic (exact) mass is 498 g/mol. The Labute approximate surface area is 214 Å². The highest BCUT2D eigenvalue weighted by Crippen LogP contribution is 2.52. The lowest BCUT2D eigenvalue weighted by atomic mass is 9.84. The number of rotatable bonds is 6. The lowest BCUT2D eigenvalue weighted by Crippen LogP contribution is -2.32. The summed E-state index contributed by atoms with van der Waals surface area (Å²) in [7, 11) is 6.54. The summed E-state index contributed by atoms with van der Waals surface area (Å²) >= 11 is 0. The van der Waals surface area contributed by atoms with E-state index in [0.717, 1.165) is 33.7 Å². The van der Waals surface area contributed by atoms with E-state index >= 15 is 0 Å². The highest BCUT2D eigenvalue weighted by Gasteiger charge is 2.42. The summed E-state index contributed by atoms with van der Waals surface area (Å²) in [4.78, 5) is 4.50. The molecule has 0 saturated carbocycles. The van der Waals surface area contributed by atoms with Crippen molar-refractivity contribution in [1.29, 1.82) is 0 Å². The van der Waals surface area contributed by atoms with Crippen LogP contribution in [0.15, 0.2) is 72.6 Å². The Kier molecular flexibility index (Phi) is 5.60. The number of aromatic nitrogens is 3. The predicted octanol–water partition coefficient (Wildman–Crippen LogP) is 4.87. The number of methoxy groups -OCH3 is 4. The Morgan fingerprint density at radius 1 is 0.838 bits per heavy atom. The van der Waals surface area contributed by atoms with E-state index in [1.165, 1.54) is 0 Å². The number of nitrogens with zero attached hydrogens (tertiary/aromatic N) is 3. The van der Waals surface area contributed by atoms with Crippen molar-refractivity contribution in [3.8, 4) is 28.7 Å². The molecule has 0 unspecified atom stereocenters. The molecule has 9 nitrogen and oxygen atoms in total. The van der Waals surface area contributed by atoms with E-state index in [-0.39, 0.29) is 6.04 Å². The summed E-state index contributed by atoms with van der Waals surface area (Å²) < 4.78 is 31.1. The van der Waals surface area contributed by atoms with Crippen LogP contribution in [0.25, 0.3) is 5.70 Å². The van der Waals surface area contributed by atoms with Crippen molar-refractivity contribution in [2.75, 3.05) is 33.8 Å². The molecule has 0 bridgehead atoms. The molecule has 1 aromatic heterocycles. The van der Waals surface area contributed by atoms with Crippen molar-refractivity contribution in [2.45, 2.75) is 12.1 Å². The number of anilines is 1. The Morgan fingerprint density at radius 3 is 2.41 bits per heavy atom. The second kappa shape index (κ2) is 9.09. The van der Waals surface area contributed by atoms with Gasteiger partial charge in [-0.2, -0.15) is 10.1 Å². The highest BCUT2D eigenvalue weighted by atomic mass is 16.5. The van der Waals surface area contributed by atoms with E-state index in [1.54, 1.807) is 34.8 Å². The molecule has 2 aliphatic rings. The Bertz CT molecular complexity index is 1510. The van der Waals surface area contributed by atoms with Gasteiger partial charge in [-0.25, -0.2) is 4.68 Å². The van der Waals surface area contributed by atoms with Crippen LogP contribution in [0.2, 0.25) is 0 Å². The van der Waals surface area contributed by atoms with Gasteiger partial charge in [0, 0.05) is 16.7 Å². The number of hydrogen-bond acceptors (Lipinski definition) is 8. The van der Waals surface area contributed by atoms with Crippen LogP contribution in [0, 0.1) is 0 Å². The molecule has 0 fully saturated rings. The van der Waals surface area contributed by atoms with Gasteiger partial charge in [0.05, 0.1) is 34.1 Å². The average Bonchev–Trinajstić information content (AvgIpc) is 3.43. The maximum absolute atomic E-state index is 6.72. The smallest absolute Gasteiger partial charge is 0.226 e. The number of ether oxygens (including phenoxy) is 5. The fraction of sp³-hybridized carbons (Fsp3) is 0.214. The summed E-state index contributed by atoms with van der Waals surface area (Å²) in [5, 5.41) is 8.10. The molecule has 3 aromatic carbocycles. The van der Waals surface area contributed by atoms with Crippen molar-refractivity contribution in [3.05, 3.63) is 89.3 Å². The number of para-hydroxylation sites is 1. The van der Waals surface area contributed by atoms with Gasteiger partial charge < -0.3 is 29.0 Å². The van der Waals surface area contributed by atoms with Gasteiger partial charge in [0.15, 0.2) is 17.6 Å². The van der Waals surface area contributed by atoms with Gasteiger partial charge in [0.2, 0.25) is 5.95 Å². The van der Waals surface area contributed by atoms with Crippen LogP contribution in [0.3, 0.4) is 0 Å². The fourth-order valence-corrected chi connectivity index (χ4v) is 5.06. The Hall–Kier alpha value is -4.66. The van der Waals surface area contributed by atoms with Crippen molar-refractivity contribution in [2.24, 2.45) is 0 Å². The molecule has 2 atom stereocenters. The SMILES string of the molecule is COc1ccc(OC)c([C@@H]2Oc3ccccc3C3=C2[C@H](c2ccc(OC)c(OC)c2)n2ncnc2N3)c1. The van der Waals surface area contributed by atoms with E-state index in [4.69, 9.17) is 23.7 Å². The van der Waals surface area contributed by atoms with E-state index in [0.29, 0.717) is 28.9 Å². The molecule has 0 aliphatic carbocycles. The topological polar surface area (TPSA) is 88.9 Å². The van der Waals surface area contributed by atoms with Gasteiger partial charge in [-0.15, -0.1) is 0 Å². The van der Waals surface area contributed by atoms with Crippen LogP contribution in [0.1, 0.15) is 28.8 Å². The zero-order valence-corrected chi connectivity index (χ0v) is 20.9. The molecule has 0 amide bonds. The Balaban J connectivity index is 1.63. The molecule has 0 radical (unpaired) electrons. The van der Waals surface area contributed by atoms with Gasteiger partial charge in [0.25, 0.3) is 0 Å². The summed E-state index contributed by atoms with van der Waals surface area (Å²) in [6.07, 6.45) is 1.03. The standard InChI is InChI=1S/C28H26N4O5/c1-33-17-10-12-20(34-2)19(14-17)27-24-25(18-7-5-6-8-21(18)37-27)31-28-29-15-30-32(28)26(24)16-9-11-22(35-3)23(13-16)36-4/h5-15,26-27H,1-4H3,(H,29,30,31)/t26-,27-/m0/s1. The molecule has 3 heterocycles. The molecule has 188 valence electrons. The van der Waals surface area contributed by atoms with Crippen LogP contribution in [0.5, 0.6) is 28.7 Å². The second-order valence-electron chi connectivity index (χ2n) is 8.60. The quantitative estimate of drug-likeness (QED) is 0.403. The average molecular weight is 499 g/mol. The van der Waals surface area contributed by atoms with Gasteiger partial charge in [-0.3, -0.25) is 0 Å². The molecule has 6 rings (SSSR count). The second-order valence-corrected chi connectivity index (χ2v) is 8.60. The molecule has 0 saturated heterocycles. The van der Waals surface area contributed by atoms with Crippen LogP contribution in [-0.2, 0) is 0 Å². The normalized spacial score (nSPS) is 17.5. The summed E-state index contributed by atoms with van der Waals surface area (Å²) in [5.74, 6) is 4.04. The zero-order valence-electron chi connectivity index (χ0n) is 20.9. The van der Waals surface area contributed by atoms with Crippen molar-refractivity contribution in [3.63, 3.8) is 0 Å². The van der Waals surface area contributed by atoms with Gasteiger partial charge in [-0.1, -0.05) is 18.2 Å². The molecule has 37 heavy (non-hydrogen) atoms. The fourth-order valence-electron chi connectivity index (χ4n) is 5.06. The van der Waals surface area contributed by atoms with Crippen LogP contribution in [0.4, 0.5) is 5.95 Å². The highest BCUT2D eigenvalue weighted by molar-refractivity contribution is 5.85. The minimum absolute atomic E-state index is 0.359.